The molecule has 3 N–H and O–H groups in total. The first-order chi connectivity index (χ1) is 7.77. The van der Waals surface area contributed by atoms with E-state index < -0.39 is 35.0 Å². The standard InChI is InChI=1S/C9H9F3N2O3/c10-9(11,12)6-3-5(7(13)4-15)1-2-8(6)14(16)17/h1-3,7,15H,4,13H2/t7-/m1/s1. The number of alkyl halides is 3. The van der Waals surface area contributed by atoms with Gasteiger partial charge in [-0.05, 0) is 11.6 Å². The van der Waals surface area contributed by atoms with Gasteiger partial charge in [-0.1, -0.05) is 6.07 Å². The topological polar surface area (TPSA) is 89.4 Å². The molecule has 94 valence electrons. The molecule has 0 amide bonds. The van der Waals surface area contributed by atoms with Crippen LogP contribution in [0.25, 0.3) is 0 Å². The Bertz CT molecular complexity index is 434. The van der Waals surface area contributed by atoms with Crippen LogP contribution in [0.1, 0.15) is 17.2 Å². The summed E-state index contributed by atoms with van der Waals surface area (Å²) in [6.45, 7) is -0.547. The van der Waals surface area contributed by atoms with E-state index in [9.17, 15) is 23.3 Å². The second-order valence-corrected chi connectivity index (χ2v) is 3.32. The molecule has 0 radical (unpaired) electrons. The Kier molecular flexibility index (Phi) is 3.69. The fraction of sp³-hybridized carbons (Fsp3) is 0.333. The highest BCUT2D eigenvalue weighted by molar-refractivity contribution is 5.45. The molecule has 1 rings (SSSR count). The summed E-state index contributed by atoms with van der Waals surface area (Å²) in [5.41, 5.74) is 2.93. The first-order valence-corrected chi connectivity index (χ1v) is 4.49. The Hall–Kier alpha value is -1.67. The molecule has 0 heterocycles. The quantitative estimate of drug-likeness (QED) is 0.629. The van der Waals surface area contributed by atoms with Crippen molar-refractivity contribution in [3.8, 4) is 0 Å². The van der Waals surface area contributed by atoms with E-state index in [1.165, 1.54) is 0 Å². The second kappa shape index (κ2) is 4.68. The maximum absolute atomic E-state index is 12.5. The van der Waals surface area contributed by atoms with E-state index in [2.05, 4.69) is 0 Å². The Morgan fingerprint density at radius 2 is 2.06 bits per heavy atom. The molecular formula is C9H9F3N2O3. The molecule has 0 bridgehead atoms. The number of nitro benzene ring substituents is 1. The third-order valence-electron chi connectivity index (χ3n) is 2.15. The number of benzene rings is 1. The number of nitrogens with two attached hydrogens (primary N) is 1. The predicted octanol–water partition coefficient (Wildman–Crippen LogP) is 1.61. The number of nitrogens with zero attached hydrogens (tertiary/aromatic N) is 1. The summed E-state index contributed by atoms with van der Waals surface area (Å²) >= 11 is 0. The molecule has 0 fully saturated rings. The molecule has 0 saturated heterocycles. The van der Waals surface area contributed by atoms with Gasteiger partial charge in [0, 0.05) is 6.07 Å². The van der Waals surface area contributed by atoms with Crippen LogP contribution in [0, 0.1) is 10.1 Å². The Balaban J connectivity index is 3.35. The normalized spacial score (nSPS) is 13.5. The van der Waals surface area contributed by atoms with Gasteiger partial charge in [0.25, 0.3) is 5.69 Å². The lowest BCUT2D eigenvalue weighted by molar-refractivity contribution is -0.388. The summed E-state index contributed by atoms with van der Waals surface area (Å²) in [7, 11) is 0. The molecule has 0 saturated carbocycles. The van der Waals surface area contributed by atoms with Crippen LogP contribution in [0.5, 0.6) is 0 Å². The molecule has 1 aromatic carbocycles. The number of hydrogen-bond donors (Lipinski definition) is 2. The first kappa shape index (κ1) is 13.4. The van der Waals surface area contributed by atoms with Crippen molar-refractivity contribution in [1.82, 2.24) is 0 Å². The Labute approximate surface area is 93.8 Å². The molecule has 0 aliphatic rings. The molecule has 0 aliphatic heterocycles. The lowest BCUT2D eigenvalue weighted by atomic mass is 10.0. The summed E-state index contributed by atoms with van der Waals surface area (Å²) in [5, 5.41) is 19.2. The monoisotopic (exact) mass is 250 g/mol. The van der Waals surface area contributed by atoms with Crippen molar-refractivity contribution < 1.29 is 23.2 Å². The maximum atomic E-state index is 12.5. The van der Waals surface area contributed by atoms with E-state index in [0.717, 1.165) is 12.1 Å². The van der Waals surface area contributed by atoms with Crippen LogP contribution < -0.4 is 5.73 Å². The number of aliphatic hydroxyl groups is 1. The number of aliphatic hydroxyl groups excluding tert-OH is 1. The van der Waals surface area contributed by atoms with Crippen molar-refractivity contribution >= 4 is 5.69 Å². The number of nitro groups is 1. The smallest absolute Gasteiger partial charge is 0.394 e. The highest BCUT2D eigenvalue weighted by atomic mass is 19.4. The fourth-order valence-electron chi connectivity index (χ4n) is 1.28. The third-order valence-corrected chi connectivity index (χ3v) is 2.15. The summed E-state index contributed by atoms with van der Waals surface area (Å²) in [4.78, 5) is 9.33. The molecule has 0 spiro atoms. The molecule has 0 unspecified atom stereocenters. The zero-order chi connectivity index (χ0) is 13.2. The number of halogens is 3. The lowest BCUT2D eigenvalue weighted by Crippen LogP contribution is -2.16. The zero-order valence-corrected chi connectivity index (χ0v) is 8.44. The summed E-state index contributed by atoms with van der Waals surface area (Å²) in [6.07, 6.45) is -4.84. The molecule has 5 nitrogen and oxygen atoms in total. The van der Waals surface area contributed by atoms with E-state index in [4.69, 9.17) is 10.8 Å². The number of rotatable bonds is 3. The van der Waals surface area contributed by atoms with Gasteiger partial charge in [-0.3, -0.25) is 10.1 Å². The van der Waals surface area contributed by atoms with E-state index in [0.29, 0.717) is 6.07 Å². The van der Waals surface area contributed by atoms with Gasteiger partial charge in [0.15, 0.2) is 0 Å². The molecule has 0 aromatic heterocycles. The van der Waals surface area contributed by atoms with Crippen LogP contribution in [-0.4, -0.2) is 16.6 Å². The minimum absolute atomic E-state index is 0.00887. The molecular weight excluding hydrogens is 241 g/mol. The summed E-state index contributed by atoms with van der Waals surface area (Å²) < 4.78 is 37.6. The molecule has 1 atom stereocenters. The fourth-order valence-corrected chi connectivity index (χ4v) is 1.28. The molecule has 8 heteroatoms. The maximum Gasteiger partial charge on any atom is 0.423 e. The van der Waals surface area contributed by atoms with Crippen molar-refractivity contribution in [3.05, 3.63) is 39.4 Å². The minimum Gasteiger partial charge on any atom is -0.394 e. The van der Waals surface area contributed by atoms with E-state index in [1.807, 2.05) is 0 Å². The van der Waals surface area contributed by atoms with E-state index in [-0.39, 0.29) is 5.56 Å². The van der Waals surface area contributed by atoms with Crippen molar-refractivity contribution in [2.24, 2.45) is 5.73 Å². The van der Waals surface area contributed by atoms with Gasteiger partial charge in [-0.15, -0.1) is 0 Å². The molecule has 17 heavy (non-hydrogen) atoms. The van der Waals surface area contributed by atoms with Gasteiger partial charge in [-0.2, -0.15) is 13.2 Å². The summed E-state index contributed by atoms with van der Waals surface area (Å²) in [5.74, 6) is 0. The van der Waals surface area contributed by atoms with Gasteiger partial charge in [0.05, 0.1) is 17.6 Å². The average molecular weight is 250 g/mol. The second-order valence-electron chi connectivity index (χ2n) is 3.32. The van der Waals surface area contributed by atoms with Crippen molar-refractivity contribution in [2.75, 3.05) is 6.61 Å². The SMILES string of the molecule is N[C@H](CO)c1ccc([N+](=O)[O-])c(C(F)(F)F)c1. The Morgan fingerprint density at radius 3 is 2.47 bits per heavy atom. The van der Waals surface area contributed by atoms with Gasteiger partial charge < -0.3 is 10.8 Å². The predicted molar refractivity (Wildman–Crippen MR) is 52.1 cm³/mol. The van der Waals surface area contributed by atoms with Gasteiger partial charge in [0.1, 0.15) is 5.56 Å². The zero-order valence-electron chi connectivity index (χ0n) is 8.44. The van der Waals surface area contributed by atoms with Crippen LogP contribution >= 0.6 is 0 Å². The van der Waals surface area contributed by atoms with Gasteiger partial charge in [-0.25, -0.2) is 0 Å². The lowest BCUT2D eigenvalue weighted by Gasteiger charge is -2.12. The van der Waals surface area contributed by atoms with Crippen molar-refractivity contribution in [2.45, 2.75) is 12.2 Å². The van der Waals surface area contributed by atoms with Gasteiger partial charge >= 0.3 is 6.18 Å². The van der Waals surface area contributed by atoms with Crippen LogP contribution in [0.15, 0.2) is 18.2 Å². The van der Waals surface area contributed by atoms with E-state index >= 15 is 0 Å². The largest absolute Gasteiger partial charge is 0.423 e. The van der Waals surface area contributed by atoms with Crippen molar-refractivity contribution in [1.29, 1.82) is 0 Å². The number of hydrogen-bond acceptors (Lipinski definition) is 4. The van der Waals surface area contributed by atoms with Crippen LogP contribution in [0.2, 0.25) is 0 Å². The van der Waals surface area contributed by atoms with Crippen LogP contribution in [-0.2, 0) is 6.18 Å². The minimum atomic E-state index is -4.84. The highest BCUT2D eigenvalue weighted by Gasteiger charge is 2.38. The van der Waals surface area contributed by atoms with Gasteiger partial charge in [0.2, 0.25) is 0 Å². The average Bonchev–Trinajstić information content (AvgIpc) is 2.25. The summed E-state index contributed by atoms with van der Waals surface area (Å²) in [6, 6.07) is 1.40. The van der Waals surface area contributed by atoms with E-state index in [1.54, 1.807) is 0 Å². The Morgan fingerprint density at radius 1 is 1.47 bits per heavy atom. The first-order valence-electron chi connectivity index (χ1n) is 4.49. The molecule has 1 aromatic rings. The van der Waals surface area contributed by atoms with Crippen molar-refractivity contribution in [3.63, 3.8) is 0 Å². The van der Waals surface area contributed by atoms with Crippen LogP contribution in [0.3, 0.4) is 0 Å². The third kappa shape index (κ3) is 2.92. The highest BCUT2D eigenvalue weighted by Crippen LogP contribution is 2.37. The molecule has 0 aliphatic carbocycles. The van der Waals surface area contributed by atoms with Crippen LogP contribution in [0.4, 0.5) is 18.9 Å².